The van der Waals surface area contributed by atoms with Crippen molar-refractivity contribution in [3.05, 3.63) is 30.0 Å². The van der Waals surface area contributed by atoms with Gasteiger partial charge in [-0.3, -0.25) is 19.4 Å². The minimum Gasteiger partial charge on any atom is -0.459 e. The van der Waals surface area contributed by atoms with Crippen molar-refractivity contribution in [1.82, 2.24) is 15.0 Å². The van der Waals surface area contributed by atoms with Crippen molar-refractivity contribution in [3.63, 3.8) is 0 Å². The Morgan fingerprint density at radius 3 is 2.37 bits per heavy atom. The summed E-state index contributed by atoms with van der Waals surface area (Å²) in [6, 6.07) is 4.77. The molecule has 0 amide bonds. The van der Waals surface area contributed by atoms with E-state index < -0.39 is 77.8 Å². The molecule has 4 N–H and O–H groups in total. The number of nitrogen functional groups attached to an aromatic ring is 1. The van der Waals surface area contributed by atoms with Crippen molar-refractivity contribution in [2.24, 2.45) is 28.8 Å². The molecule has 5 heterocycles. The van der Waals surface area contributed by atoms with Crippen molar-refractivity contribution < 1.29 is 57.6 Å². The number of Topliss-reactive ketones (excluding diaryl/α,β-unsaturated/α-hetero) is 2. The zero-order valence-electron chi connectivity index (χ0n) is 34.3. The molecule has 0 radical (unpaired) electrons. The van der Waals surface area contributed by atoms with E-state index in [-0.39, 0.29) is 62.2 Å². The molecule has 17 nitrogen and oxygen atoms in total. The third-order valence-corrected chi connectivity index (χ3v) is 11.4. The fourth-order valence-corrected chi connectivity index (χ4v) is 7.98. The number of aliphatic hydroxyl groups excluding tert-OH is 1. The van der Waals surface area contributed by atoms with Crippen LogP contribution in [0.25, 0.3) is 11.4 Å². The number of hydrogen-bond donors (Lipinski definition) is 3. The zero-order valence-corrected chi connectivity index (χ0v) is 34.3. The van der Waals surface area contributed by atoms with Gasteiger partial charge in [-0.2, -0.15) is 0 Å². The number of nitrogens with two attached hydrogens (primary N) is 1. The Balaban J connectivity index is 1.53. The molecule has 2 bridgehead atoms. The van der Waals surface area contributed by atoms with Crippen LogP contribution in [0.2, 0.25) is 0 Å². The average Bonchev–Trinajstić information content (AvgIpc) is 3.61. The molecular weight excluding hydrogens is 742 g/mol. The van der Waals surface area contributed by atoms with E-state index in [0.717, 1.165) is 0 Å². The molecule has 316 valence electrons. The number of cyclic esters (lactones) is 1. The van der Waals surface area contributed by atoms with Crippen LogP contribution >= 0.6 is 0 Å². The molecule has 3 aliphatic rings. The molecule has 0 aliphatic carbocycles. The van der Waals surface area contributed by atoms with E-state index in [2.05, 4.69) is 15.3 Å². The molecule has 0 unspecified atom stereocenters. The Bertz CT molecular complexity index is 1720. The topological polar surface area (TPSA) is 228 Å². The largest absolute Gasteiger partial charge is 0.459 e. The van der Waals surface area contributed by atoms with Crippen molar-refractivity contribution >= 4 is 29.1 Å². The monoisotopic (exact) mass is 801 g/mol. The first-order valence-corrected chi connectivity index (χ1v) is 19.7. The molecule has 0 saturated carbocycles. The van der Waals surface area contributed by atoms with Gasteiger partial charge in [-0.1, -0.05) is 44.1 Å². The summed E-state index contributed by atoms with van der Waals surface area (Å²) in [7, 11) is 3.71. The van der Waals surface area contributed by atoms with Gasteiger partial charge in [0.1, 0.15) is 47.5 Å². The maximum atomic E-state index is 14.3. The number of pyridine rings is 1. The highest BCUT2D eigenvalue weighted by atomic mass is 16.7. The maximum absolute atomic E-state index is 14.3. The first-order chi connectivity index (χ1) is 26.9. The van der Waals surface area contributed by atoms with E-state index in [1.807, 2.05) is 25.9 Å². The Morgan fingerprint density at radius 2 is 1.74 bits per heavy atom. The number of hydrogen-bond acceptors (Lipinski definition) is 17. The van der Waals surface area contributed by atoms with E-state index in [4.69, 9.17) is 38.8 Å². The summed E-state index contributed by atoms with van der Waals surface area (Å²) in [4.78, 5) is 54.2. The molecule has 13 atom stereocenters. The van der Waals surface area contributed by atoms with Crippen molar-refractivity contribution in [2.75, 3.05) is 33.0 Å². The molecule has 3 aliphatic heterocycles. The highest BCUT2D eigenvalue weighted by Gasteiger charge is 2.50. The third-order valence-electron chi connectivity index (χ3n) is 11.4. The Hall–Kier alpha value is -3.84. The predicted molar refractivity (Wildman–Crippen MR) is 205 cm³/mol. The quantitative estimate of drug-likeness (QED) is 0.198. The van der Waals surface area contributed by atoms with Crippen molar-refractivity contribution in [1.29, 1.82) is 0 Å². The molecule has 5 rings (SSSR count). The smallest absolute Gasteiger partial charge is 0.316 e. The van der Waals surface area contributed by atoms with Crippen molar-refractivity contribution in [2.45, 2.75) is 129 Å². The Kier molecular flexibility index (Phi) is 14.6. The van der Waals surface area contributed by atoms with Crippen molar-refractivity contribution in [3.8, 4) is 11.4 Å². The number of nitrogens with zero attached hydrogens (tertiary/aromatic N) is 4. The summed E-state index contributed by atoms with van der Waals surface area (Å²) < 4.78 is 36.5. The number of likely N-dealkylation sites (N-methyl/N-ethyl adjacent to an activating group) is 1. The van der Waals surface area contributed by atoms with Gasteiger partial charge in [-0.25, -0.2) is 0 Å². The van der Waals surface area contributed by atoms with Crippen LogP contribution in [0.1, 0.15) is 73.3 Å². The van der Waals surface area contributed by atoms with E-state index in [9.17, 15) is 24.6 Å². The first kappa shape index (κ1) is 44.3. The van der Waals surface area contributed by atoms with Crippen LogP contribution in [-0.2, 0) is 49.5 Å². The second-order valence-electron chi connectivity index (χ2n) is 16.2. The summed E-state index contributed by atoms with van der Waals surface area (Å²) in [5.74, 6) is -5.26. The summed E-state index contributed by atoms with van der Waals surface area (Å²) in [5, 5.41) is 31.9. The van der Waals surface area contributed by atoms with Crippen LogP contribution in [0, 0.1) is 23.7 Å². The molecule has 17 heteroatoms. The summed E-state index contributed by atoms with van der Waals surface area (Å²) in [6.07, 6.45) is -4.57. The summed E-state index contributed by atoms with van der Waals surface area (Å²) in [6.45, 7) is 11.1. The van der Waals surface area contributed by atoms with E-state index in [1.54, 1.807) is 52.1 Å². The molecule has 0 aromatic carbocycles. The fraction of sp³-hybridized carbons (Fsp3) is 0.700. The van der Waals surface area contributed by atoms with Gasteiger partial charge in [-0.15, -0.1) is 0 Å². The summed E-state index contributed by atoms with van der Waals surface area (Å²) in [5.41, 5.74) is 5.75. The molecule has 3 saturated heterocycles. The van der Waals surface area contributed by atoms with Crippen LogP contribution in [0.15, 0.2) is 34.1 Å². The SMILES string of the molecule is CC[C@H]1OC(=O)[C@H](C)C(=O)[C@H](C)[C@@H](O[C@@H]2O[C@H](C)C[C@H](N(C)C)[C@H]2O)[C@H]2C[C@@H](C)C(=O)[C@H](C)[C@H](OC/C(=N\OCc3ccc(-c4cc(N)on4)nc3)CO2)[C@]1(C)O. The Morgan fingerprint density at radius 1 is 1.02 bits per heavy atom. The number of ketones is 2. The minimum atomic E-state index is -1.88. The maximum Gasteiger partial charge on any atom is 0.316 e. The number of carbonyl (C=O) groups excluding carboxylic acids is 3. The normalized spacial score (nSPS) is 37.0. The molecule has 2 aromatic heterocycles. The zero-order chi connectivity index (χ0) is 41.8. The standard InChI is InChI=1S/C40H59N5O12/c1-10-31-40(7,50)37-23(5)33(46)20(2)13-30(51-18-26(19-52-37)43-53-17-25-11-12-27(42-16-25)28-15-32(41)57-44-28)36(22(4)34(47)24(6)38(49)55-31)56-39-35(48)29(45(8)9)14-21(3)54-39/h11-12,15-16,20-24,29-31,35-37,39,48,50H,10,13-14,17-19,41H2,1-9H3/b43-26-/t20-,21-,22+,23+,24-,29+,30-,31-,35-,36-,37+,39+,40-/m1/s1. The van der Waals surface area contributed by atoms with Crippen LogP contribution < -0.4 is 5.73 Å². The van der Waals surface area contributed by atoms with Gasteiger partial charge in [0.15, 0.2) is 12.1 Å². The summed E-state index contributed by atoms with van der Waals surface area (Å²) >= 11 is 0. The van der Waals surface area contributed by atoms with Gasteiger partial charge in [0.05, 0.1) is 43.3 Å². The highest BCUT2D eigenvalue weighted by Crippen LogP contribution is 2.36. The molecule has 57 heavy (non-hydrogen) atoms. The van der Waals surface area contributed by atoms with E-state index in [1.165, 1.54) is 13.8 Å². The second-order valence-corrected chi connectivity index (χ2v) is 16.2. The van der Waals surface area contributed by atoms with Crippen LogP contribution in [0.5, 0.6) is 0 Å². The number of aromatic nitrogens is 2. The molecular formula is C40H59N5O12. The van der Waals surface area contributed by atoms with Gasteiger partial charge >= 0.3 is 5.97 Å². The number of ether oxygens (including phenoxy) is 5. The second kappa shape index (κ2) is 18.8. The lowest BCUT2D eigenvalue weighted by molar-refractivity contribution is -0.284. The van der Waals surface area contributed by atoms with Gasteiger partial charge < -0.3 is 53.9 Å². The first-order valence-electron chi connectivity index (χ1n) is 19.7. The number of oxime groups is 1. The van der Waals surface area contributed by atoms with Crippen LogP contribution in [-0.4, -0.2) is 130 Å². The predicted octanol–water partition coefficient (Wildman–Crippen LogP) is 2.95. The van der Waals surface area contributed by atoms with Gasteiger partial charge in [-0.05, 0) is 60.2 Å². The third kappa shape index (κ3) is 10.2. The van der Waals surface area contributed by atoms with Crippen LogP contribution in [0.3, 0.4) is 0 Å². The van der Waals surface area contributed by atoms with E-state index >= 15 is 0 Å². The average molecular weight is 802 g/mol. The number of aliphatic hydroxyl groups is 2. The fourth-order valence-electron chi connectivity index (χ4n) is 7.98. The van der Waals surface area contributed by atoms with Gasteiger partial charge in [0.2, 0.25) is 5.88 Å². The molecule has 0 spiro atoms. The van der Waals surface area contributed by atoms with Crippen LogP contribution in [0.4, 0.5) is 5.88 Å². The number of fused-ring (bicyclic) bond motifs is 5. The number of rotatable bonds is 8. The highest BCUT2D eigenvalue weighted by molar-refractivity contribution is 6.00. The van der Waals surface area contributed by atoms with Gasteiger partial charge in [0.25, 0.3) is 0 Å². The number of anilines is 1. The minimum absolute atomic E-state index is 0.0133. The lowest BCUT2D eigenvalue weighted by Gasteiger charge is -2.44. The lowest BCUT2D eigenvalue weighted by atomic mass is 9.77. The van der Waals surface area contributed by atoms with E-state index in [0.29, 0.717) is 23.4 Å². The van der Waals surface area contributed by atoms with Gasteiger partial charge in [0, 0.05) is 41.6 Å². The Labute approximate surface area is 333 Å². The lowest BCUT2D eigenvalue weighted by Crippen LogP contribution is -2.58. The number of carbonyl (C=O) groups is 3. The molecule has 2 aromatic rings. The molecule has 3 fully saturated rings. The number of esters is 1.